The number of amides is 1. The standard InChI is InChI=1S/C25H34N4O4S/c1-27-10-3-11-28(13-12-27)20-22-8-6-21(7-9-22)19-26-25(30)23-4-2-5-24(18-23)34(31,32)29-14-16-33-17-15-29/h2,4-9,18H,3,10-17,19-20H2,1H3,(H,26,30). The van der Waals surface area contributed by atoms with E-state index < -0.39 is 10.0 Å². The monoisotopic (exact) mass is 486 g/mol. The van der Waals surface area contributed by atoms with Gasteiger partial charge in [0.2, 0.25) is 10.0 Å². The molecule has 2 aliphatic heterocycles. The molecule has 9 heteroatoms. The molecule has 2 aromatic rings. The Morgan fingerprint density at radius 3 is 2.44 bits per heavy atom. The number of hydrogen-bond acceptors (Lipinski definition) is 6. The highest BCUT2D eigenvalue weighted by Gasteiger charge is 2.26. The van der Waals surface area contributed by atoms with Gasteiger partial charge in [0.15, 0.2) is 0 Å². The van der Waals surface area contributed by atoms with Gasteiger partial charge in [0.05, 0.1) is 18.1 Å². The van der Waals surface area contributed by atoms with Gasteiger partial charge in [-0.25, -0.2) is 8.42 Å². The van der Waals surface area contributed by atoms with Gasteiger partial charge in [0.1, 0.15) is 0 Å². The molecule has 0 spiro atoms. The van der Waals surface area contributed by atoms with Gasteiger partial charge in [-0.3, -0.25) is 9.69 Å². The van der Waals surface area contributed by atoms with Crippen LogP contribution in [-0.2, 0) is 27.8 Å². The number of nitrogens with one attached hydrogen (secondary N) is 1. The van der Waals surface area contributed by atoms with Crippen molar-refractivity contribution in [2.75, 3.05) is 59.5 Å². The molecule has 0 radical (unpaired) electrons. The van der Waals surface area contributed by atoms with Gasteiger partial charge in [0.25, 0.3) is 5.91 Å². The predicted molar refractivity (Wildman–Crippen MR) is 131 cm³/mol. The number of rotatable bonds is 7. The average Bonchev–Trinajstić information content (AvgIpc) is 3.07. The van der Waals surface area contributed by atoms with Crippen LogP contribution in [0, 0.1) is 0 Å². The maximum absolute atomic E-state index is 12.9. The summed E-state index contributed by atoms with van der Waals surface area (Å²) in [5.74, 6) is -0.295. The average molecular weight is 487 g/mol. The Morgan fingerprint density at radius 1 is 0.941 bits per heavy atom. The second kappa shape index (κ2) is 11.4. The highest BCUT2D eigenvalue weighted by molar-refractivity contribution is 7.89. The molecule has 2 saturated heterocycles. The Bertz CT molecular complexity index is 1070. The van der Waals surface area contributed by atoms with Crippen LogP contribution in [0.2, 0.25) is 0 Å². The lowest BCUT2D eigenvalue weighted by Crippen LogP contribution is -2.40. The van der Waals surface area contributed by atoms with Crippen LogP contribution in [-0.4, -0.2) is 88.0 Å². The zero-order chi connectivity index (χ0) is 24.0. The molecule has 0 saturated carbocycles. The highest BCUT2D eigenvalue weighted by Crippen LogP contribution is 2.18. The fourth-order valence-corrected chi connectivity index (χ4v) is 5.75. The molecule has 0 unspecified atom stereocenters. The summed E-state index contributed by atoms with van der Waals surface area (Å²) in [6, 6.07) is 14.5. The molecule has 184 valence electrons. The SMILES string of the molecule is CN1CCCN(Cc2ccc(CNC(=O)c3cccc(S(=O)(=O)N4CCOCC4)c3)cc2)CC1. The lowest BCUT2D eigenvalue weighted by atomic mass is 10.1. The van der Waals surface area contributed by atoms with Gasteiger partial charge < -0.3 is 15.0 Å². The van der Waals surface area contributed by atoms with Gasteiger partial charge in [-0.2, -0.15) is 4.31 Å². The van der Waals surface area contributed by atoms with E-state index >= 15 is 0 Å². The molecule has 0 aliphatic carbocycles. The van der Waals surface area contributed by atoms with Crippen molar-refractivity contribution in [2.24, 2.45) is 0 Å². The first-order valence-corrected chi connectivity index (χ1v) is 13.3. The largest absolute Gasteiger partial charge is 0.379 e. The summed E-state index contributed by atoms with van der Waals surface area (Å²) >= 11 is 0. The maximum atomic E-state index is 12.9. The first-order valence-electron chi connectivity index (χ1n) is 11.9. The molecule has 1 amide bonds. The minimum Gasteiger partial charge on any atom is -0.379 e. The lowest BCUT2D eigenvalue weighted by molar-refractivity contribution is 0.0730. The fourth-order valence-electron chi connectivity index (χ4n) is 4.30. The van der Waals surface area contributed by atoms with E-state index in [-0.39, 0.29) is 10.8 Å². The maximum Gasteiger partial charge on any atom is 0.251 e. The molecule has 0 aromatic heterocycles. The van der Waals surface area contributed by atoms with Crippen LogP contribution in [0.25, 0.3) is 0 Å². The van der Waals surface area contributed by atoms with Crippen LogP contribution < -0.4 is 5.32 Å². The molecule has 34 heavy (non-hydrogen) atoms. The van der Waals surface area contributed by atoms with Crippen LogP contribution in [0.5, 0.6) is 0 Å². The number of sulfonamides is 1. The zero-order valence-corrected chi connectivity index (χ0v) is 20.6. The first kappa shape index (κ1) is 24.8. The number of carbonyl (C=O) groups excluding carboxylic acids is 1. The second-order valence-corrected chi connectivity index (χ2v) is 10.9. The second-order valence-electron chi connectivity index (χ2n) is 8.98. The number of morpholine rings is 1. The van der Waals surface area contributed by atoms with Crippen LogP contribution in [0.1, 0.15) is 27.9 Å². The fraction of sp³-hybridized carbons (Fsp3) is 0.480. The predicted octanol–water partition coefficient (Wildman–Crippen LogP) is 1.78. The smallest absolute Gasteiger partial charge is 0.251 e. The molecule has 2 fully saturated rings. The number of carbonyl (C=O) groups is 1. The Balaban J connectivity index is 1.32. The number of benzene rings is 2. The molecule has 2 heterocycles. The van der Waals surface area contributed by atoms with E-state index in [9.17, 15) is 13.2 Å². The molecule has 0 bridgehead atoms. The van der Waals surface area contributed by atoms with Gasteiger partial charge in [-0.05, 0) is 55.9 Å². The third-order valence-corrected chi connectivity index (χ3v) is 8.29. The highest BCUT2D eigenvalue weighted by atomic mass is 32.2. The van der Waals surface area contributed by atoms with E-state index in [1.54, 1.807) is 12.1 Å². The quantitative estimate of drug-likeness (QED) is 0.643. The molecular weight excluding hydrogens is 452 g/mol. The molecule has 2 aromatic carbocycles. The van der Waals surface area contributed by atoms with Crippen LogP contribution in [0.4, 0.5) is 0 Å². The van der Waals surface area contributed by atoms with Gasteiger partial charge in [-0.15, -0.1) is 0 Å². The van der Waals surface area contributed by atoms with Crippen molar-refractivity contribution in [3.8, 4) is 0 Å². The van der Waals surface area contributed by atoms with Gasteiger partial charge in [0, 0.05) is 44.8 Å². The van der Waals surface area contributed by atoms with E-state index in [1.807, 2.05) is 12.1 Å². The van der Waals surface area contributed by atoms with Crippen LogP contribution in [0.3, 0.4) is 0 Å². The van der Waals surface area contributed by atoms with Crippen LogP contribution in [0.15, 0.2) is 53.4 Å². The zero-order valence-electron chi connectivity index (χ0n) is 19.8. The summed E-state index contributed by atoms with van der Waals surface area (Å²) in [5, 5.41) is 2.90. The summed E-state index contributed by atoms with van der Waals surface area (Å²) < 4.78 is 32.4. The molecule has 8 nitrogen and oxygen atoms in total. The van der Waals surface area contributed by atoms with E-state index in [0.29, 0.717) is 38.4 Å². The molecular formula is C25H34N4O4S. The van der Waals surface area contributed by atoms with E-state index in [1.165, 1.54) is 28.4 Å². The van der Waals surface area contributed by atoms with Gasteiger partial charge >= 0.3 is 0 Å². The summed E-state index contributed by atoms with van der Waals surface area (Å²) in [6.07, 6.45) is 1.19. The summed E-state index contributed by atoms with van der Waals surface area (Å²) in [4.78, 5) is 17.7. The van der Waals surface area contributed by atoms with Crippen molar-refractivity contribution >= 4 is 15.9 Å². The number of likely N-dealkylation sites (N-methyl/N-ethyl adjacent to an activating group) is 1. The minimum absolute atomic E-state index is 0.131. The van der Waals surface area contributed by atoms with Crippen molar-refractivity contribution in [1.29, 1.82) is 0 Å². The van der Waals surface area contributed by atoms with Crippen molar-refractivity contribution in [2.45, 2.75) is 24.4 Å². The summed E-state index contributed by atoms with van der Waals surface area (Å²) in [6.45, 7) is 7.17. The Kier molecular flexibility index (Phi) is 8.33. The van der Waals surface area contributed by atoms with Crippen LogP contribution >= 0.6 is 0 Å². The number of nitrogens with zero attached hydrogens (tertiary/aromatic N) is 3. The van der Waals surface area contributed by atoms with Crippen molar-refractivity contribution < 1.29 is 17.9 Å². The van der Waals surface area contributed by atoms with E-state index in [4.69, 9.17) is 4.74 Å². The van der Waals surface area contributed by atoms with E-state index in [2.05, 4.69) is 34.3 Å². The van der Waals surface area contributed by atoms with Crippen molar-refractivity contribution in [1.82, 2.24) is 19.4 Å². The van der Waals surface area contributed by atoms with Gasteiger partial charge in [-0.1, -0.05) is 30.3 Å². The normalized spacial score (nSPS) is 19.0. The molecule has 1 N–H and O–H groups in total. The molecule has 0 atom stereocenters. The molecule has 4 rings (SSSR count). The number of hydrogen-bond donors (Lipinski definition) is 1. The summed E-state index contributed by atoms with van der Waals surface area (Å²) in [5.41, 5.74) is 2.60. The third-order valence-electron chi connectivity index (χ3n) is 6.40. The number of ether oxygens (including phenoxy) is 1. The lowest BCUT2D eigenvalue weighted by Gasteiger charge is -2.26. The van der Waals surface area contributed by atoms with Crippen molar-refractivity contribution in [3.63, 3.8) is 0 Å². The first-order chi connectivity index (χ1) is 16.4. The Morgan fingerprint density at radius 2 is 1.68 bits per heavy atom. The molecule has 2 aliphatic rings. The van der Waals surface area contributed by atoms with E-state index in [0.717, 1.165) is 38.3 Å². The Hall–Kier alpha value is -2.30. The minimum atomic E-state index is -3.64. The van der Waals surface area contributed by atoms with Crippen molar-refractivity contribution in [3.05, 3.63) is 65.2 Å². The summed E-state index contributed by atoms with van der Waals surface area (Å²) in [7, 11) is -1.47. The Labute approximate surface area is 202 Å². The topological polar surface area (TPSA) is 82.2 Å². The third kappa shape index (κ3) is 6.43.